The number of carbonyl (C=O) groups excluding carboxylic acids is 1. The number of hydrogen-bond acceptors (Lipinski definition) is 3. The number of nitrogens with zero attached hydrogens (tertiary/aromatic N) is 2. The van der Waals surface area contributed by atoms with Gasteiger partial charge in [0.1, 0.15) is 0 Å². The topological polar surface area (TPSA) is 44.1 Å². The van der Waals surface area contributed by atoms with Gasteiger partial charge in [-0.05, 0) is 31.5 Å². The first-order valence-electron chi connectivity index (χ1n) is 6.38. The minimum Gasteiger partial charge on any atom is -0.462 e. The number of ether oxygens (including phenoxy) is 1. The van der Waals surface area contributed by atoms with E-state index >= 15 is 0 Å². The van der Waals surface area contributed by atoms with Crippen LogP contribution < -0.4 is 0 Å². The number of hydrogen-bond donors (Lipinski definition) is 0. The van der Waals surface area contributed by atoms with Crippen LogP contribution in [0.4, 0.5) is 0 Å². The Morgan fingerprint density at radius 1 is 1.39 bits per heavy atom. The molecule has 0 unspecified atom stereocenters. The number of carbonyl (C=O) groups is 1. The number of unbranched alkanes of at least 4 members (excludes halogenated alkanes) is 1. The molecule has 0 N–H and O–H groups in total. The van der Waals surface area contributed by atoms with Crippen molar-refractivity contribution in [2.24, 2.45) is 0 Å². The average molecular weight is 246 g/mol. The molecule has 0 saturated heterocycles. The van der Waals surface area contributed by atoms with E-state index in [1.807, 2.05) is 12.4 Å². The third kappa shape index (κ3) is 2.53. The quantitative estimate of drug-likeness (QED) is 0.762. The molecule has 0 aliphatic heterocycles. The molecule has 1 aromatic carbocycles. The van der Waals surface area contributed by atoms with Crippen molar-refractivity contribution >= 4 is 17.0 Å². The fourth-order valence-electron chi connectivity index (χ4n) is 1.91. The van der Waals surface area contributed by atoms with Gasteiger partial charge in [0.2, 0.25) is 0 Å². The Morgan fingerprint density at radius 3 is 2.94 bits per heavy atom. The fraction of sp³-hybridized carbons (Fsp3) is 0.429. The molecule has 0 aliphatic carbocycles. The number of benzene rings is 1. The Kier molecular flexibility index (Phi) is 3.97. The van der Waals surface area contributed by atoms with Crippen molar-refractivity contribution in [1.82, 2.24) is 9.55 Å². The lowest BCUT2D eigenvalue weighted by molar-refractivity contribution is 0.0526. The van der Waals surface area contributed by atoms with Crippen LogP contribution in [0.5, 0.6) is 0 Å². The molecule has 0 fully saturated rings. The van der Waals surface area contributed by atoms with E-state index in [9.17, 15) is 4.79 Å². The zero-order chi connectivity index (χ0) is 13.0. The maximum atomic E-state index is 11.6. The summed E-state index contributed by atoms with van der Waals surface area (Å²) in [6, 6.07) is 5.52. The normalized spacial score (nSPS) is 10.8. The molecule has 96 valence electrons. The van der Waals surface area contributed by atoms with Crippen LogP contribution in [-0.2, 0) is 11.3 Å². The molecule has 1 aromatic heterocycles. The average Bonchev–Trinajstić information content (AvgIpc) is 2.79. The van der Waals surface area contributed by atoms with E-state index in [1.54, 1.807) is 19.1 Å². The second kappa shape index (κ2) is 5.67. The Bertz CT molecular complexity index is 546. The standard InChI is InChI=1S/C14H18N2O2/c1-3-5-8-16-10-15-12-9-11(6-7-13(12)16)14(17)18-4-2/h6-7,9-10H,3-5,8H2,1-2H3. The second-order valence-electron chi connectivity index (χ2n) is 4.22. The predicted molar refractivity (Wildman–Crippen MR) is 70.6 cm³/mol. The van der Waals surface area contributed by atoms with Gasteiger partial charge in [0.25, 0.3) is 0 Å². The van der Waals surface area contributed by atoms with Crippen molar-refractivity contribution in [1.29, 1.82) is 0 Å². The van der Waals surface area contributed by atoms with Crippen molar-refractivity contribution in [2.75, 3.05) is 6.61 Å². The summed E-state index contributed by atoms with van der Waals surface area (Å²) >= 11 is 0. The second-order valence-corrected chi connectivity index (χ2v) is 4.22. The van der Waals surface area contributed by atoms with Gasteiger partial charge in [-0.25, -0.2) is 9.78 Å². The SMILES string of the molecule is CCCCn1cnc2cc(C(=O)OCC)ccc21. The van der Waals surface area contributed by atoms with Crippen LogP contribution in [0.25, 0.3) is 11.0 Å². The minimum atomic E-state index is -0.289. The fourth-order valence-corrected chi connectivity index (χ4v) is 1.91. The van der Waals surface area contributed by atoms with Gasteiger partial charge in [-0.1, -0.05) is 13.3 Å². The molecule has 0 aliphatic rings. The maximum Gasteiger partial charge on any atom is 0.338 e. The number of esters is 1. The highest BCUT2D eigenvalue weighted by atomic mass is 16.5. The smallest absolute Gasteiger partial charge is 0.338 e. The molecule has 0 bridgehead atoms. The molecular weight excluding hydrogens is 228 g/mol. The van der Waals surface area contributed by atoms with Gasteiger partial charge in [-0.3, -0.25) is 0 Å². The first-order chi connectivity index (χ1) is 8.76. The van der Waals surface area contributed by atoms with Crippen LogP contribution in [0, 0.1) is 0 Å². The Morgan fingerprint density at radius 2 is 2.22 bits per heavy atom. The summed E-state index contributed by atoms with van der Waals surface area (Å²) in [6.45, 7) is 5.32. The van der Waals surface area contributed by atoms with E-state index in [-0.39, 0.29) is 5.97 Å². The lowest BCUT2D eigenvalue weighted by Crippen LogP contribution is -2.04. The van der Waals surface area contributed by atoms with Gasteiger partial charge >= 0.3 is 5.97 Å². The predicted octanol–water partition coefficient (Wildman–Crippen LogP) is 3.01. The number of aryl methyl sites for hydroxylation is 1. The lowest BCUT2D eigenvalue weighted by Gasteiger charge is -2.04. The van der Waals surface area contributed by atoms with Crippen molar-refractivity contribution in [3.05, 3.63) is 30.1 Å². The Balaban J connectivity index is 2.27. The van der Waals surface area contributed by atoms with E-state index in [0.717, 1.165) is 30.4 Å². The van der Waals surface area contributed by atoms with Crippen LogP contribution in [0.3, 0.4) is 0 Å². The third-order valence-electron chi connectivity index (χ3n) is 2.88. The van der Waals surface area contributed by atoms with Gasteiger partial charge in [-0.2, -0.15) is 0 Å². The van der Waals surface area contributed by atoms with E-state index in [2.05, 4.69) is 16.5 Å². The summed E-state index contributed by atoms with van der Waals surface area (Å²) in [7, 11) is 0. The molecule has 0 radical (unpaired) electrons. The van der Waals surface area contributed by atoms with Gasteiger partial charge in [0.15, 0.2) is 0 Å². The summed E-state index contributed by atoms with van der Waals surface area (Å²) in [5, 5.41) is 0. The van der Waals surface area contributed by atoms with Crippen molar-refractivity contribution in [3.63, 3.8) is 0 Å². The third-order valence-corrected chi connectivity index (χ3v) is 2.88. The largest absolute Gasteiger partial charge is 0.462 e. The number of aromatic nitrogens is 2. The van der Waals surface area contributed by atoms with Crippen LogP contribution in [0.15, 0.2) is 24.5 Å². The monoisotopic (exact) mass is 246 g/mol. The summed E-state index contributed by atoms with van der Waals surface area (Å²) in [6.07, 6.45) is 4.11. The number of rotatable bonds is 5. The van der Waals surface area contributed by atoms with Crippen LogP contribution >= 0.6 is 0 Å². The Labute approximate surface area is 107 Å². The Hall–Kier alpha value is -1.84. The van der Waals surface area contributed by atoms with Gasteiger partial charge < -0.3 is 9.30 Å². The molecule has 1 heterocycles. The summed E-state index contributed by atoms with van der Waals surface area (Å²) in [5.41, 5.74) is 2.47. The molecular formula is C14H18N2O2. The van der Waals surface area contributed by atoms with Gasteiger partial charge in [0, 0.05) is 6.54 Å². The minimum absolute atomic E-state index is 0.289. The first-order valence-corrected chi connectivity index (χ1v) is 6.38. The molecule has 18 heavy (non-hydrogen) atoms. The zero-order valence-corrected chi connectivity index (χ0v) is 10.8. The van der Waals surface area contributed by atoms with E-state index < -0.39 is 0 Å². The molecule has 4 heteroatoms. The molecule has 2 aromatic rings. The highest BCUT2D eigenvalue weighted by Crippen LogP contribution is 2.16. The van der Waals surface area contributed by atoms with E-state index in [0.29, 0.717) is 12.2 Å². The van der Waals surface area contributed by atoms with Gasteiger partial charge in [-0.15, -0.1) is 0 Å². The molecule has 0 saturated carbocycles. The zero-order valence-electron chi connectivity index (χ0n) is 10.8. The van der Waals surface area contributed by atoms with Crippen LogP contribution in [0.2, 0.25) is 0 Å². The van der Waals surface area contributed by atoms with Crippen LogP contribution in [0.1, 0.15) is 37.0 Å². The summed E-state index contributed by atoms with van der Waals surface area (Å²) in [4.78, 5) is 15.9. The highest BCUT2D eigenvalue weighted by molar-refractivity contribution is 5.93. The van der Waals surface area contributed by atoms with Gasteiger partial charge in [0.05, 0.1) is 29.5 Å². The highest BCUT2D eigenvalue weighted by Gasteiger charge is 2.09. The molecule has 2 rings (SSSR count). The maximum absolute atomic E-state index is 11.6. The van der Waals surface area contributed by atoms with Crippen molar-refractivity contribution in [2.45, 2.75) is 33.2 Å². The summed E-state index contributed by atoms with van der Waals surface area (Å²) in [5.74, 6) is -0.289. The number of imidazole rings is 1. The first kappa shape index (κ1) is 12.6. The summed E-state index contributed by atoms with van der Waals surface area (Å²) < 4.78 is 7.09. The van der Waals surface area contributed by atoms with Crippen LogP contribution in [-0.4, -0.2) is 22.1 Å². The molecule has 0 amide bonds. The van der Waals surface area contributed by atoms with Crippen molar-refractivity contribution < 1.29 is 9.53 Å². The molecule has 4 nitrogen and oxygen atoms in total. The lowest BCUT2D eigenvalue weighted by atomic mass is 10.2. The molecule has 0 spiro atoms. The molecule has 0 atom stereocenters. The van der Waals surface area contributed by atoms with E-state index in [1.165, 1.54) is 0 Å². The van der Waals surface area contributed by atoms with E-state index in [4.69, 9.17) is 4.74 Å². The number of fused-ring (bicyclic) bond motifs is 1. The van der Waals surface area contributed by atoms with Crippen molar-refractivity contribution in [3.8, 4) is 0 Å².